The Labute approximate surface area is 218 Å². The Kier molecular flexibility index (Phi) is 5.97. The summed E-state index contributed by atoms with van der Waals surface area (Å²) in [6.45, 7) is 14.0. The number of hydrogen-bond donors (Lipinski definition) is 4. The molecule has 1 amide bonds. The molecule has 5 aliphatic carbocycles. The van der Waals surface area contributed by atoms with E-state index in [2.05, 4.69) is 46.0 Å². The minimum Gasteiger partial charge on any atom is -0.396 e. The van der Waals surface area contributed by atoms with Crippen molar-refractivity contribution in [3.05, 3.63) is 11.6 Å². The van der Waals surface area contributed by atoms with Crippen LogP contribution in [0.3, 0.4) is 0 Å². The number of carbonyl (C=O) groups excluding carboxylic acids is 1. The second kappa shape index (κ2) is 8.05. The van der Waals surface area contributed by atoms with Crippen LogP contribution < -0.4 is 5.32 Å². The summed E-state index contributed by atoms with van der Waals surface area (Å²) in [5.41, 5.74) is 0.693. The number of carbonyl (C=O) groups is 1. The molecule has 0 saturated heterocycles. The zero-order chi connectivity index (χ0) is 26.5. The predicted molar refractivity (Wildman–Crippen MR) is 142 cm³/mol. The molecular formula is C31H51NO4. The van der Waals surface area contributed by atoms with E-state index in [1.807, 2.05) is 6.92 Å². The lowest BCUT2D eigenvalue weighted by Gasteiger charge is -2.71. The Bertz CT molecular complexity index is 960. The van der Waals surface area contributed by atoms with Crippen LogP contribution in [0.15, 0.2) is 11.6 Å². The van der Waals surface area contributed by atoms with Gasteiger partial charge in [0.1, 0.15) is 0 Å². The van der Waals surface area contributed by atoms with Crippen LogP contribution in [-0.2, 0) is 4.79 Å². The summed E-state index contributed by atoms with van der Waals surface area (Å²) in [5, 5.41) is 35.5. The van der Waals surface area contributed by atoms with Crippen molar-refractivity contribution in [1.82, 2.24) is 5.32 Å². The maximum atomic E-state index is 13.5. The SMILES string of the molecule is CNC(=O)[C@]12CCC(C)(C)C[C@H]1C1=CC[C@@H]3[C@@]4(C)C[C@@H](O)[C@H](O)[C@@](C)(CO)[C@@H]4CC[C@@]3(C)[C@]1(C)CC2. The number of allylic oxidation sites excluding steroid dienone is 2. The van der Waals surface area contributed by atoms with Gasteiger partial charge in [0.2, 0.25) is 5.91 Å². The van der Waals surface area contributed by atoms with Gasteiger partial charge in [0.05, 0.1) is 24.2 Å². The van der Waals surface area contributed by atoms with Crippen LogP contribution in [0.4, 0.5) is 0 Å². The van der Waals surface area contributed by atoms with Crippen LogP contribution in [0.5, 0.6) is 0 Å². The zero-order valence-corrected chi connectivity index (χ0v) is 23.8. The quantitative estimate of drug-likeness (QED) is 0.408. The molecule has 0 aromatic heterocycles. The molecule has 5 rings (SSSR count). The van der Waals surface area contributed by atoms with Gasteiger partial charge in [-0.1, -0.05) is 53.2 Å². The maximum absolute atomic E-state index is 13.5. The Morgan fingerprint density at radius 1 is 0.972 bits per heavy atom. The third-order valence-corrected chi connectivity index (χ3v) is 13.4. The smallest absolute Gasteiger partial charge is 0.226 e. The third-order valence-electron chi connectivity index (χ3n) is 13.4. The molecule has 204 valence electrons. The van der Waals surface area contributed by atoms with Gasteiger partial charge < -0.3 is 20.6 Å². The highest BCUT2D eigenvalue weighted by molar-refractivity contribution is 5.84. The molecule has 0 aliphatic heterocycles. The van der Waals surface area contributed by atoms with E-state index >= 15 is 0 Å². The largest absolute Gasteiger partial charge is 0.396 e. The summed E-state index contributed by atoms with van der Waals surface area (Å²) in [6.07, 6.45) is 9.50. The van der Waals surface area contributed by atoms with Crippen molar-refractivity contribution in [2.24, 2.45) is 50.2 Å². The normalized spacial score (nSPS) is 53.7. The van der Waals surface area contributed by atoms with Crippen molar-refractivity contribution < 1.29 is 20.1 Å². The molecule has 5 heteroatoms. The van der Waals surface area contributed by atoms with Gasteiger partial charge in [-0.2, -0.15) is 0 Å². The molecule has 0 aromatic carbocycles. The molecule has 4 fully saturated rings. The van der Waals surface area contributed by atoms with Crippen molar-refractivity contribution in [3.8, 4) is 0 Å². The molecule has 4 N–H and O–H groups in total. The zero-order valence-electron chi connectivity index (χ0n) is 23.8. The molecule has 4 saturated carbocycles. The van der Waals surface area contributed by atoms with Crippen LogP contribution in [-0.4, -0.2) is 47.1 Å². The fourth-order valence-corrected chi connectivity index (χ4v) is 11.0. The first kappa shape index (κ1) is 26.7. The van der Waals surface area contributed by atoms with Crippen molar-refractivity contribution in [1.29, 1.82) is 0 Å². The highest BCUT2D eigenvalue weighted by atomic mass is 16.3. The standard InChI is InChI=1S/C31H51NO4/c1-26(2)12-14-31(25(36)32-7)15-13-29(5)19(20(31)16-26)8-9-23-27(3)17-21(34)24(35)28(4,18-33)22(27)10-11-30(23,29)6/h8,20-24,33-35H,9-18H2,1-7H3,(H,32,36)/t20-,21+,22+,23+,24-,27-,28-,29+,30+,31-/m0/s1. The van der Waals surface area contributed by atoms with Crippen molar-refractivity contribution >= 4 is 5.91 Å². The topological polar surface area (TPSA) is 89.8 Å². The summed E-state index contributed by atoms with van der Waals surface area (Å²) in [6, 6.07) is 0. The molecular weight excluding hydrogens is 450 g/mol. The number of rotatable bonds is 2. The van der Waals surface area contributed by atoms with E-state index in [1.54, 1.807) is 7.05 Å². The lowest BCUT2D eigenvalue weighted by Crippen LogP contribution is -2.68. The molecule has 5 nitrogen and oxygen atoms in total. The van der Waals surface area contributed by atoms with E-state index in [0.29, 0.717) is 12.3 Å². The Morgan fingerprint density at radius 3 is 2.28 bits per heavy atom. The monoisotopic (exact) mass is 501 g/mol. The summed E-state index contributed by atoms with van der Waals surface area (Å²) in [5.74, 6) is 1.06. The van der Waals surface area contributed by atoms with Crippen molar-refractivity contribution in [2.75, 3.05) is 13.7 Å². The predicted octanol–water partition coefficient (Wildman–Crippen LogP) is 4.84. The van der Waals surface area contributed by atoms with Crippen LogP contribution in [0.1, 0.15) is 99.3 Å². The van der Waals surface area contributed by atoms with E-state index in [0.717, 1.165) is 51.4 Å². The van der Waals surface area contributed by atoms with Gasteiger partial charge in [0.15, 0.2) is 0 Å². The van der Waals surface area contributed by atoms with E-state index in [-0.39, 0.29) is 51.4 Å². The summed E-state index contributed by atoms with van der Waals surface area (Å²) < 4.78 is 0. The number of nitrogens with one attached hydrogen (secondary N) is 1. The van der Waals surface area contributed by atoms with Crippen LogP contribution in [0.2, 0.25) is 0 Å². The minimum absolute atomic E-state index is 0.0101. The van der Waals surface area contributed by atoms with Gasteiger partial charge in [0.25, 0.3) is 0 Å². The number of aliphatic hydroxyl groups is 3. The van der Waals surface area contributed by atoms with E-state index in [9.17, 15) is 20.1 Å². The third kappa shape index (κ3) is 3.14. The maximum Gasteiger partial charge on any atom is 0.226 e. The number of fused-ring (bicyclic) bond motifs is 7. The minimum atomic E-state index is -0.887. The molecule has 10 atom stereocenters. The average molecular weight is 502 g/mol. The average Bonchev–Trinajstić information content (AvgIpc) is 2.82. The molecule has 0 aromatic rings. The molecule has 0 spiro atoms. The molecule has 36 heavy (non-hydrogen) atoms. The molecule has 0 unspecified atom stereocenters. The lowest BCUT2D eigenvalue weighted by molar-refractivity contribution is -0.243. The second-order valence-corrected chi connectivity index (χ2v) is 15.3. The van der Waals surface area contributed by atoms with Gasteiger partial charge in [0, 0.05) is 12.5 Å². The molecule has 0 radical (unpaired) electrons. The highest BCUT2D eigenvalue weighted by Gasteiger charge is 2.70. The summed E-state index contributed by atoms with van der Waals surface area (Å²) in [4.78, 5) is 13.5. The molecule has 5 aliphatic rings. The molecule has 0 heterocycles. The van der Waals surface area contributed by atoms with Crippen molar-refractivity contribution in [2.45, 2.75) is 112 Å². The molecule has 0 bridgehead atoms. The van der Waals surface area contributed by atoms with E-state index < -0.39 is 17.6 Å². The fraction of sp³-hybridized carbons (Fsp3) is 0.903. The fourth-order valence-electron chi connectivity index (χ4n) is 11.0. The first-order chi connectivity index (χ1) is 16.7. The first-order valence-corrected chi connectivity index (χ1v) is 14.5. The number of hydrogen-bond acceptors (Lipinski definition) is 4. The second-order valence-electron chi connectivity index (χ2n) is 15.3. The number of amides is 1. The van der Waals surface area contributed by atoms with Crippen molar-refractivity contribution in [3.63, 3.8) is 0 Å². The highest BCUT2D eigenvalue weighted by Crippen LogP contribution is 2.75. The van der Waals surface area contributed by atoms with Gasteiger partial charge >= 0.3 is 0 Å². The van der Waals surface area contributed by atoms with Crippen LogP contribution >= 0.6 is 0 Å². The first-order valence-electron chi connectivity index (χ1n) is 14.5. The van der Waals surface area contributed by atoms with Crippen LogP contribution in [0.25, 0.3) is 0 Å². The Morgan fingerprint density at radius 2 is 1.64 bits per heavy atom. The summed E-state index contributed by atoms with van der Waals surface area (Å²) in [7, 11) is 1.80. The Balaban J connectivity index is 1.61. The number of aliphatic hydroxyl groups excluding tert-OH is 3. The van der Waals surface area contributed by atoms with Gasteiger partial charge in [-0.15, -0.1) is 0 Å². The van der Waals surface area contributed by atoms with Gasteiger partial charge in [-0.25, -0.2) is 0 Å². The van der Waals surface area contributed by atoms with Gasteiger partial charge in [-0.3, -0.25) is 4.79 Å². The van der Waals surface area contributed by atoms with E-state index in [4.69, 9.17) is 0 Å². The summed E-state index contributed by atoms with van der Waals surface area (Å²) >= 11 is 0. The lowest BCUT2D eigenvalue weighted by atomic mass is 9.33. The Hall–Kier alpha value is -0.910. The van der Waals surface area contributed by atoms with E-state index in [1.165, 1.54) is 5.57 Å². The van der Waals surface area contributed by atoms with Crippen LogP contribution in [0, 0.1) is 50.2 Å². The van der Waals surface area contributed by atoms with Gasteiger partial charge in [-0.05, 0) is 97.2 Å².